The number of thiophene rings is 1. The molecule has 4 aromatic rings. The van der Waals surface area contributed by atoms with E-state index >= 15 is 0 Å². The van der Waals surface area contributed by atoms with E-state index in [9.17, 15) is 9.59 Å². The second kappa shape index (κ2) is 9.81. The Morgan fingerprint density at radius 1 is 1.18 bits per heavy atom. The fraction of sp³-hybridized carbons (Fsp3) is 0.296. The first kappa shape index (κ1) is 22.3. The van der Waals surface area contributed by atoms with Crippen LogP contribution in [0, 0.1) is 5.92 Å². The number of fused-ring (bicyclic) bond motifs is 1. The van der Waals surface area contributed by atoms with Crippen LogP contribution in [-0.4, -0.2) is 35.5 Å². The first-order chi connectivity index (χ1) is 16.6. The summed E-state index contributed by atoms with van der Waals surface area (Å²) in [5.74, 6) is 0.730. The third-order valence-corrected chi connectivity index (χ3v) is 7.51. The molecule has 6 nitrogen and oxygen atoms in total. The van der Waals surface area contributed by atoms with E-state index in [-0.39, 0.29) is 23.3 Å². The molecular weight excluding hydrogens is 444 g/mol. The molecular formula is C27H28N4O2S. The zero-order chi connectivity index (χ0) is 23.5. The summed E-state index contributed by atoms with van der Waals surface area (Å²) >= 11 is 1.41. The standard InChI is InChI=1S/C27H28N4O2S/c1-18(19-9-4-2-5-10-19)15-28-25(32)21-13-8-14-31(16-21)27-29-23-22(20-11-6-3-7-12-20)17-34-24(23)26(33)30-27/h2-7,9-12,17-18,21H,8,13-16H2,1H3,(H,28,32)(H,29,30,33)/t18-,21-/m0/s1. The Labute approximate surface area is 202 Å². The smallest absolute Gasteiger partial charge is 0.270 e. The number of aromatic amines is 1. The van der Waals surface area contributed by atoms with Crippen molar-refractivity contribution >= 4 is 33.4 Å². The van der Waals surface area contributed by atoms with Crippen LogP contribution in [0.3, 0.4) is 0 Å². The summed E-state index contributed by atoms with van der Waals surface area (Å²) in [4.78, 5) is 35.6. The number of hydrogen-bond acceptors (Lipinski definition) is 5. The summed E-state index contributed by atoms with van der Waals surface area (Å²) in [6.45, 7) is 4.04. The van der Waals surface area contributed by atoms with Gasteiger partial charge in [0, 0.05) is 30.6 Å². The van der Waals surface area contributed by atoms with Crippen molar-refractivity contribution < 1.29 is 4.79 Å². The van der Waals surface area contributed by atoms with Crippen LogP contribution >= 0.6 is 11.3 Å². The predicted molar refractivity (Wildman–Crippen MR) is 138 cm³/mol. The number of nitrogens with one attached hydrogen (secondary N) is 2. The molecule has 34 heavy (non-hydrogen) atoms. The van der Waals surface area contributed by atoms with Crippen molar-refractivity contribution in [2.45, 2.75) is 25.7 Å². The average Bonchev–Trinajstić information content (AvgIpc) is 3.33. The van der Waals surface area contributed by atoms with Gasteiger partial charge in [-0.1, -0.05) is 67.6 Å². The van der Waals surface area contributed by atoms with Gasteiger partial charge in [-0.25, -0.2) is 4.98 Å². The first-order valence-electron chi connectivity index (χ1n) is 11.7. The normalized spacial score (nSPS) is 17.0. The van der Waals surface area contributed by atoms with Gasteiger partial charge in [0.05, 0.1) is 11.4 Å². The monoisotopic (exact) mass is 472 g/mol. The molecule has 1 fully saturated rings. The maximum atomic E-state index is 13.0. The van der Waals surface area contributed by atoms with Gasteiger partial charge in [0.2, 0.25) is 11.9 Å². The van der Waals surface area contributed by atoms with Crippen molar-refractivity contribution in [1.82, 2.24) is 15.3 Å². The maximum absolute atomic E-state index is 13.0. The summed E-state index contributed by atoms with van der Waals surface area (Å²) < 4.78 is 0.629. The van der Waals surface area contributed by atoms with Gasteiger partial charge in [0.15, 0.2) is 0 Å². The molecule has 2 aromatic heterocycles. The second-order valence-corrected chi connectivity index (χ2v) is 9.80. The molecule has 0 saturated carbocycles. The van der Waals surface area contributed by atoms with E-state index in [1.54, 1.807) is 0 Å². The van der Waals surface area contributed by atoms with Crippen LogP contribution in [0.1, 0.15) is 31.2 Å². The minimum absolute atomic E-state index is 0.0661. The van der Waals surface area contributed by atoms with E-state index < -0.39 is 0 Å². The lowest BCUT2D eigenvalue weighted by Gasteiger charge is -2.32. The van der Waals surface area contributed by atoms with E-state index in [1.165, 1.54) is 16.9 Å². The van der Waals surface area contributed by atoms with Gasteiger partial charge in [-0.15, -0.1) is 11.3 Å². The largest absolute Gasteiger partial charge is 0.355 e. The summed E-state index contributed by atoms with van der Waals surface area (Å²) in [5, 5.41) is 5.13. The van der Waals surface area contributed by atoms with E-state index in [2.05, 4.69) is 29.4 Å². The number of piperidine rings is 1. The van der Waals surface area contributed by atoms with Gasteiger partial charge < -0.3 is 10.2 Å². The molecule has 1 aliphatic heterocycles. The van der Waals surface area contributed by atoms with Gasteiger partial charge in [-0.3, -0.25) is 14.6 Å². The van der Waals surface area contributed by atoms with E-state index in [0.717, 1.165) is 36.0 Å². The Kier molecular flexibility index (Phi) is 6.45. The number of aromatic nitrogens is 2. The topological polar surface area (TPSA) is 78.1 Å². The molecule has 0 radical (unpaired) electrons. The minimum Gasteiger partial charge on any atom is -0.355 e. The third kappa shape index (κ3) is 4.61. The quantitative estimate of drug-likeness (QED) is 0.423. The van der Waals surface area contributed by atoms with Crippen LogP contribution in [0.2, 0.25) is 0 Å². The molecule has 2 aromatic carbocycles. The van der Waals surface area contributed by atoms with Crippen LogP contribution in [0.5, 0.6) is 0 Å². The SMILES string of the molecule is C[C@@H](CNC(=O)[C@H]1CCCN(c2nc3c(-c4ccccc4)csc3c(=O)[nH]2)C1)c1ccccc1. The number of anilines is 1. The lowest BCUT2D eigenvalue weighted by molar-refractivity contribution is -0.125. The molecule has 3 heterocycles. The van der Waals surface area contributed by atoms with Crippen molar-refractivity contribution in [3.63, 3.8) is 0 Å². The summed E-state index contributed by atoms with van der Waals surface area (Å²) in [6.07, 6.45) is 1.71. The number of H-pyrrole nitrogens is 1. The second-order valence-electron chi connectivity index (χ2n) is 8.92. The Balaban J connectivity index is 1.32. The van der Waals surface area contributed by atoms with Crippen LogP contribution < -0.4 is 15.8 Å². The van der Waals surface area contributed by atoms with Gasteiger partial charge in [-0.2, -0.15) is 0 Å². The number of hydrogen-bond donors (Lipinski definition) is 2. The van der Waals surface area contributed by atoms with E-state index in [1.807, 2.05) is 58.8 Å². The molecule has 0 aliphatic carbocycles. The zero-order valence-electron chi connectivity index (χ0n) is 19.2. The number of carbonyl (C=O) groups excluding carboxylic acids is 1. The lowest BCUT2D eigenvalue weighted by Crippen LogP contribution is -2.44. The van der Waals surface area contributed by atoms with Crippen molar-refractivity contribution in [2.75, 3.05) is 24.5 Å². The summed E-state index contributed by atoms with van der Waals surface area (Å²) in [6, 6.07) is 20.2. The molecule has 174 valence electrons. The highest BCUT2D eigenvalue weighted by Gasteiger charge is 2.28. The Morgan fingerprint density at radius 3 is 2.68 bits per heavy atom. The number of nitrogens with zero attached hydrogens (tertiary/aromatic N) is 2. The zero-order valence-corrected chi connectivity index (χ0v) is 20.0. The molecule has 1 saturated heterocycles. The molecule has 5 rings (SSSR count). The van der Waals surface area contributed by atoms with Crippen molar-refractivity contribution in [2.24, 2.45) is 5.92 Å². The first-order valence-corrected chi connectivity index (χ1v) is 12.6. The average molecular weight is 473 g/mol. The lowest BCUT2D eigenvalue weighted by atomic mass is 9.96. The minimum atomic E-state index is -0.131. The van der Waals surface area contributed by atoms with Crippen LogP contribution in [0.4, 0.5) is 5.95 Å². The Bertz CT molecular complexity index is 1330. The van der Waals surface area contributed by atoms with Gasteiger partial charge in [-0.05, 0) is 29.9 Å². The summed E-state index contributed by atoms with van der Waals surface area (Å²) in [5.41, 5.74) is 3.82. The van der Waals surface area contributed by atoms with Crippen LogP contribution in [0.25, 0.3) is 21.3 Å². The molecule has 0 unspecified atom stereocenters. The molecule has 7 heteroatoms. The highest BCUT2D eigenvalue weighted by molar-refractivity contribution is 7.17. The Morgan fingerprint density at radius 2 is 1.91 bits per heavy atom. The summed E-state index contributed by atoms with van der Waals surface area (Å²) in [7, 11) is 0. The van der Waals surface area contributed by atoms with Crippen LogP contribution in [-0.2, 0) is 4.79 Å². The van der Waals surface area contributed by atoms with Crippen molar-refractivity contribution in [3.05, 3.63) is 82.0 Å². The number of rotatable bonds is 6. The molecule has 1 aliphatic rings. The molecule has 0 spiro atoms. The number of amides is 1. The van der Waals surface area contributed by atoms with Crippen molar-refractivity contribution in [3.8, 4) is 11.1 Å². The molecule has 0 bridgehead atoms. The number of benzene rings is 2. The highest BCUT2D eigenvalue weighted by Crippen LogP contribution is 2.32. The maximum Gasteiger partial charge on any atom is 0.270 e. The van der Waals surface area contributed by atoms with Gasteiger partial charge in [0.25, 0.3) is 5.56 Å². The predicted octanol–water partition coefficient (Wildman–Crippen LogP) is 4.79. The molecule has 2 atom stereocenters. The van der Waals surface area contributed by atoms with Crippen LogP contribution in [0.15, 0.2) is 70.8 Å². The fourth-order valence-corrected chi connectivity index (χ4v) is 5.48. The van der Waals surface area contributed by atoms with Gasteiger partial charge in [0.1, 0.15) is 4.70 Å². The van der Waals surface area contributed by atoms with E-state index in [4.69, 9.17) is 4.98 Å². The van der Waals surface area contributed by atoms with Gasteiger partial charge >= 0.3 is 0 Å². The van der Waals surface area contributed by atoms with E-state index in [0.29, 0.717) is 23.7 Å². The highest BCUT2D eigenvalue weighted by atomic mass is 32.1. The fourth-order valence-electron chi connectivity index (χ4n) is 4.57. The molecule has 1 amide bonds. The number of carbonyl (C=O) groups is 1. The molecule has 2 N–H and O–H groups in total. The Hall–Kier alpha value is -3.45. The third-order valence-electron chi connectivity index (χ3n) is 6.54. The van der Waals surface area contributed by atoms with Crippen molar-refractivity contribution in [1.29, 1.82) is 0 Å².